The molecule has 0 spiro atoms. The number of ether oxygens (including phenoxy) is 2. The first-order valence-corrected chi connectivity index (χ1v) is 10.1. The molecule has 0 amide bonds. The smallest absolute Gasteiger partial charge is 0.196 e. The molecule has 0 fully saturated rings. The molecule has 1 aliphatic rings. The predicted octanol–water partition coefficient (Wildman–Crippen LogP) is 3.93. The number of hydrogen-bond acceptors (Lipinski definition) is 5. The van der Waals surface area contributed by atoms with Crippen LogP contribution in [0, 0.1) is 6.92 Å². The first-order valence-electron chi connectivity index (χ1n) is 10.1. The van der Waals surface area contributed by atoms with E-state index in [9.17, 15) is 0 Å². The molecule has 31 heavy (non-hydrogen) atoms. The van der Waals surface area contributed by atoms with Crippen molar-refractivity contribution in [1.29, 1.82) is 0 Å². The fourth-order valence-electron chi connectivity index (χ4n) is 3.13. The van der Waals surface area contributed by atoms with Crippen LogP contribution in [0.25, 0.3) is 5.82 Å². The monoisotopic (exact) mass is 534 g/mol. The molecule has 0 saturated carbocycles. The number of aromatic nitrogens is 3. The minimum atomic E-state index is 0. The number of imidazole rings is 1. The number of rotatable bonds is 5. The van der Waals surface area contributed by atoms with Gasteiger partial charge in [-0.3, -0.25) is 4.57 Å². The Balaban J connectivity index is 0.00000272. The van der Waals surface area contributed by atoms with Crippen molar-refractivity contribution in [2.24, 2.45) is 4.99 Å². The lowest BCUT2D eigenvalue weighted by Gasteiger charge is -2.14. The first kappa shape index (κ1) is 22.9. The number of nitrogens with zero attached hydrogens (tertiary/aromatic N) is 4. The Hall–Kier alpha value is -2.82. The maximum Gasteiger partial charge on any atom is 0.196 e. The first-order chi connectivity index (χ1) is 14.7. The lowest BCUT2D eigenvalue weighted by molar-refractivity contribution is 0.297. The maximum absolute atomic E-state index is 5.77. The molecule has 2 N–H and O–H groups in total. The zero-order chi connectivity index (χ0) is 20.8. The van der Waals surface area contributed by atoms with Crippen molar-refractivity contribution in [2.75, 3.05) is 25.1 Å². The van der Waals surface area contributed by atoms with Gasteiger partial charge in [0, 0.05) is 43.3 Å². The Labute approximate surface area is 199 Å². The number of aryl methyl sites for hydroxylation is 1. The average molecular weight is 534 g/mol. The molecule has 3 heterocycles. The molecule has 0 aliphatic carbocycles. The molecule has 8 nitrogen and oxygen atoms in total. The minimum absolute atomic E-state index is 0. The van der Waals surface area contributed by atoms with Crippen LogP contribution >= 0.6 is 24.0 Å². The van der Waals surface area contributed by atoms with Crippen LogP contribution in [0.2, 0.25) is 0 Å². The summed E-state index contributed by atoms with van der Waals surface area (Å²) in [6.45, 7) is 6.59. The second-order valence-corrected chi connectivity index (χ2v) is 6.90. The maximum atomic E-state index is 5.77. The van der Waals surface area contributed by atoms with E-state index in [1.165, 1.54) is 0 Å². The SMILES string of the molecule is CCNC(=NCc1ccc(-n2ccnc2C)nc1)Nc1ccc2c(c1)OCCCO2.I. The van der Waals surface area contributed by atoms with Crippen LogP contribution in [-0.4, -0.2) is 40.3 Å². The lowest BCUT2D eigenvalue weighted by Crippen LogP contribution is -2.30. The van der Waals surface area contributed by atoms with Crippen molar-refractivity contribution >= 4 is 35.6 Å². The van der Waals surface area contributed by atoms with E-state index in [2.05, 4.69) is 25.6 Å². The molecule has 164 valence electrons. The Morgan fingerprint density at radius 3 is 2.68 bits per heavy atom. The van der Waals surface area contributed by atoms with Gasteiger partial charge in [-0.25, -0.2) is 15.0 Å². The van der Waals surface area contributed by atoms with Crippen LogP contribution < -0.4 is 20.1 Å². The largest absolute Gasteiger partial charge is 0.490 e. The Bertz CT molecular complexity index is 1020. The van der Waals surface area contributed by atoms with Crippen molar-refractivity contribution < 1.29 is 9.47 Å². The van der Waals surface area contributed by atoms with Gasteiger partial charge in [-0.2, -0.15) is 0 Å². The van der Waals surface area contributed by atoms with Gasteiger partial charge >= 0.3 is 0 Å². The predicted molar refractivity (Wildman–Crippen MR) is 132 cm³/mol. The second-order valence-electron chi connectivity index (χ2n) is 6.90. The van der Waals surface area contributed by atoms with Gasteiger partial charge in [0.2, 0.25) is 0 Å². The number of halogens is 1. The van der Waals surface area contributed by atoms with Crippen molar-refractivity contribution in [2.45, 2.75) is 26.8 Å². The Morgan fingerprint density at radius 1 is 1.13 bits per heavy atom. The zero-order valence-electron chi connectivity index (χ0n) is 17.7. The van der Waals surface area contributed by atoms with Crippen LogP contribution in [0.4, 0.5) is 5.69 Å². The third-order valence-corrected chi connectivity index (χ3v) is 4.66. The number of guanidine groups is 1. The van der Waals surface area contributed by atoms with E-state index in [4.69, 9.17) is 9.47 Å². The molecule has 9 heteroatoms. The van der Waals surface area contributed by atoms with Crippen molar-refractivity contribution in [3.05, 3.63) is 60.3 Å². The molecule has 0 atom stereocenters. The molecule has 1 aliphatic heterocycles. The van der Waals surface area contributed by atoms with Crippen LogP contribution in [0.1, 0.15) is 24.7 Å². The minimum Gasteiger partial charge on any atom is -0.490 e. The van der Waals surface area contributed by atoms with E-state index in [-0.39, 0.29) is 24.0 Å². The van der Waals surface area contributed by atoms with Gasteiger partial charge in [-0.15, -0.1) is 24.0 Å². The summed E-state index contributed by atoms with van der Waals surface area (Å²) >= 11 is 0. The van der Waals surface area contributed by atoms with E-state index in [0.29, 0.717) is 25.7 Å². The van der Waals surface area contributed by atoms with E-state index >= 15 is 0 Å². The van der Waals surface area contributed by atoms with Gasteiger partial charge in [0.25, 0.3) is 0 Å². The topological polar surface area (TPSA) is 85.6 Å². The highest BCUT2D eigenvalue weighted by Crippen LogP contribution is 2.32. The highest BCUT2D eigenvalue weighted by Gasteiger charge is 2.11. The Morgan fingerprint density at radius 2 is 1.97 bits per heavy atom. The van der Waals surface area contributed by atoms with Gasteiger partial charge in [-0.05, 0) is 37.6 Å². The van der Waals surface area contributed by atoms with Crippen molar-refractivity contribution in [1.82, 2.24) is 19.9 Å². The highest BCUT2D eigenvalue weighted by molar-refractivity contribution is 14.0. The third kappa shape index (κ3) is 5.87. The summed E-state index contributed by atoms with van der Waals surface area (Å²) in [7, 11) is 0. The Kier molecular flexibility index (Phi) is 8.10. The van der Waals surface area contributed by atoms with Gasteiger partial charge in [0.15, 0.2) is 17.5 Å². The lowest BCUT2D eigenvalue weighted by atomic mass is 10.2. The summed E-state index contributed by atoms with van der Waals surface area (Å²) in [5, 5.41) is 6.60. The fourth-order valence-corrected chi connectivity index (χ4v) is 3.13. The van der Waals surface area contributed by atoms with Gasteiger partial charge in [0.1, 0.15) is 11.6 Å². The summed E-state index contributed by atoms with van der Waals surface area (Å²) in [4.78, 5) is 13.4. The van der Waals surface area contributed by atoms with Gasteiger partial charge < -0.3 is 20.1 Å². The second kappa shape index (κ2) is 11.0. The number of anilines is 1. The number of pyridine rings is 1. The standard InChI is InChI=1S/C22H26N6O2.HI/c1-3-23-22(27-18-6-7-19-20(13-18)30-12-4-11-29-19)26-15-17-5-8-21(25-14-17)28-10-9-24-16(28)2;/h5-10,13-14H,3-4,11-12,15H2,1-2H3,(H2,23,26,27);1H. The van der Waals surface area contributed by atoms with E-state index < -0.39 is 0 Å². The average Bonchev–Trinajstić information content (AvgIpc) is 3.05. The summed E-state index contributed by atoms with van der Waals surface area (Å²) in [6, 6.07) is 9.83. The number of hydrogen-bond donors (Lipinski definition) is 2. The molecule has 0 radical (unpaired) electrons. The molecule has 4 rings (SSSR count). The summed E-state index contributed by atoms with van der Waals surface area (Å²) < 4.78 is 13.4. The molecular formula is C22H27IN6O2. The molecule has 2 aromatic heterocycles. The summed E-state index contributed by atoms with van der Waals surface area (Å²) in [5.74, 6) is 3.97. The zero-order valence-corrected chi connectivity index (χ0v) is 20.0. The van der Waals surface area contributed by atoms with Crippen LogP contribution in [0.3, 0.4) is 0 Å². The van der Waals surface area contributed by atoms with E-state index in [0.717, 1.165) is 47.4 Å². The molecular weight excluding hydrogens is 507 g/mol. The van der Waals surface area contributed by atoms with Gasteiger partial charge in [0.05, 0.1) is 19.8 Å². The molecule has 0 unspecified atom stereocenters. The summed E-state index contributed by atoms with van der Waals surface area (Å²) in [6.07, 6.45) is 6.39. The van der Waals surface area contributed by atoms with Crippen molar-refractivity contribution in [3.8, 4) is 17.3 Å². The summed E-state index contributed by atoms with van der Waals surface area (Å²) in [5.41, 5.74) is 1.91. The number of fused-ring (bicyclic) bond motifs is 1. The van der Waals surface area contributed by atoms with Crippen molar-refractivity contribution in [3.63, 3.8) is 0 Å². The normalized spacial score (nSPS) is 13.2. The fraction of sp³-hybridized carbons (Fsp3) is 0.318. The van der Waals surface area contributed by atoms with E-state index in [1.807, 2.05) is 61.1 Å². The number of benzene rings is 1. The van der Waals surface area contributed by atoms with Crippen LogP contribution in [-0.2, 0) is 6.54 Å². The highest BCUT2D eigenvalue weighted by atomic mass is 127. The van der Waals surface area contributed by atoms with Crippen LogP contribution in [0.5, 0.6) is 11.5 Å². The van der Waals surface area contributed by atoms with Gasteiger partial charge in [-0.1, -0.05) is 6.07 Å². The van der Waals surface area contributed by atoms with E-state index in [1.54, 1.807) is 6.20 Å². The molecule has 0 bridgehead atoms. The molecule has 1 aromatic carbocycles. The number of nitrogens with one attached hydrogen (secondary N) is 2. The quantitative estimate of drug-likeness (QED) is 0.293. The van der Waals surface area contributed by atoms with Crippen LogP contribution in [0.15, 0.2) is 53.9 Å². The number of aliphatic imine (C=N–C) groups is 1. The molecule has 3 aromatic rings. The molecule has 0 saturated heterocycles. The third-order valence-electron chi connectivity index (χ3n) is 4.66.